The summed E-state index contributed by atoms with van der Waals surface area (Å²) in [5.41, 5.74) is 0. The van der Waals surface area contributed by atoms with Gasteiger partial charge in [0, 0.05) is 83.4 Å². The first-order valence-electron chi connectivity index (χ1n) is 2.34. The van der Waals surface area contributed by atoms with E-state index in [4.69, 9.17) is 0 Å². The largest absolute Gasteiger partial charge is 0.353 e. The first kappa shape index (κ1) is 13.8. The van der Waals surface area contributed by atoms with Crippen molar-refractivity contribution in [2.24, 2.45) is 0 Å². The molecule has 0 aliphatic carbocycles. The van der Waals surface area contributed by atoms with Crippen LogP contribution in [0.1, 0.15) is 11.6 Å². The summed E-state index contributed by atoms with van der Waals surface area (Å²) in [6, 6.07) is 0. The second kappa shape index (κ2) is 6.90. The standard InChI is InChI=1S/C5H6N3.2Y/c1-4-6-3-7-5(2)8-4;;/h1-2H3;;/q-1;;. The van der Waals surface area contributed by atoms with Crippen LogP contribution in [0.15, 0.2) is 0 Å². The summed E-state index contributed by atoms with van der Waals surface area (Å²) in [5.74, 6) is 1.44. The topological polar surface area (TPSA) is 38.7 Å². The van der Waals surface area contributed by atoms with E-state index in [2.05, 4.69) is 21.3 Å². The van der Waals surface area contributed by atoms with Gasteiger partial charge in [-0.1, -0.05) is 13.8 Å². The quantitative estimate of drug-likeness (QED) is 0.643. The molecule has 0 amide bonds. The molecule has 0 aliphatic rings. The molecule has 0 unspecified atom stereocenters. The molecule has 0 fully saturated rings. The fourth-order valence-electron chi connectivity index (χ4n) is 0.454. The van der Waals surface area contributed by atoms with Gasteiger partial charge >= 0.3 is 0 Å². The van der Waals surface area contributed by atoms with Crippen LogP contribution in [0.4, 0.5) is 0 Å². The molecule has 0 saturated heterocycles. The minimum Gasteiger partial charge on any atom is -0.353 e. The molecule has 0 saturated carbocycles. The number of rotatable bonds is 0. The summed E-state index contributed by atoms with van der Waals surface area (Å²) in [6.07, 6.45) is 2.47. The molecule has 1 rings (SSSR count). The first-order valence-corrected chi connectivity index (χ1v) is 2.34. The van der Waals surface area contributed by atoms with Crippen molar-refractivity contribution in [3.8, 4) is 0 Å². The third kappa shape index (κ3) is 4.95. The van der Waals surface area contributed by atoms with Gasteiger partial charge in [-0.25, -0.2) is 0 Å². The fourth-order valence-corrected chi connectivity index (χ4v) is 0.454. The van der Waals surface area contributed by atoms with Crippen LogP contribution in [0.25, 0.3) is 0 Å². The van der Waals surface area contributed by atoms with Gasteiger partial charge in [0.1, 0.15) is 0 Å². The Morgan fingerprint density at radius 3 is 1.60 bits per heavy atom. The van der Waals surface area contributed by atoms with Crippen molar-refractivity contribution in [1.29, 1.82) is 0 Å². The molecule has 1 aromatic heterocycles. The number of hydrogen-bond acceptors (Lipinski definition) is 3. The Hall–Kier alpha value is 1.22. The summed E-state index contributed by atoms with van der Waals surface area (Å²) < 4.78 is 0. The number of aromatic nitrogens is 3. The number of aryl methyl sites for hydroxylation is 2. The average Bonchev–Trinajstić information content (AvgIpc) is 1.64. The van der Waals surface area contributed by atoms with Crippen LogP contribution in [0.2, 0.25) is 0 Å². The molecule has 1 aromatic rings. The van der Waals surface area contributed by atoms with Crippen LogP contribution in [-0.4, -0.2) is 15.0 Å². The predicted octanol–water partition coefficient (Wildman–Crippen LogP) is 0.284. The van der Waals surface area contributed by atoms with Crippen molar-refractivity contribution in [1.82, 2.24) is 15.0 Å². The van der Waals surface area contributed by atoms with E-state index in [0.717, 1.165) is 11.6 Å². The molecule has 3 nitrogen and oxygen atoms in total. The van der Waals surface area contributed by atoms with Gasteiger partial charge in [0.05, 0.1) is 0 Å². The van der Waals surface area contributed by atoms with Crippen molar-refractivity contribution < 1.29 is 65.4 Å². The van der Waals surface area contributed by atoms with Crippen LogP contribution >= 0.6 is 0 Å². The summed E-state index contributed by atoms with van der Waals surface area (Å²) in [7, 11) is 0. The van der Waals surface area contributed by atoms with Gasteiger partial charge in [0.15, 0.2) is 0 Å². The smallest absolute Gasteiger partial charge is 0.0247 e. The van der Waals surface area contributed by atoms with E-state index in [9.17, 15) is 0 Å². The molecule has 0 N–H and O–H groups in total. The van der Waals surface area contributed by atoms with Crippen LogP contribution in [0.3, 0.4) is 0 Å². The fraction of sp³-hybridized carbons (Fsp3) is 0.400. The SMILES string of the molecule is Cc1n[c-]nc(C)n1.[Y].[Y]. The Bertz CT molecular complexity index is 175. The summed E-state index contributed by atoms with van der Waals surface area (Å²) in [6.45, 7) is 3.62. The van der Waals surface area contributed by atoms with E-state index < -0.39 is 0 Å². The van der Waals surface area contributed by atoms with E-state index in [0.29, 0.717) is 0 Å². The first-order chi connectivity index (χ1) is 3.79. The molecular weight excluding hydrogens is 280 g/mol. The maximum Gasteiger partial charge on any atom is 0.0247 e. The van der Waals surface area contributed by atoms with Gasteiger partial charge in [-0.15, -0.1) is 0 Å². The van der Waals surface area contributed by atoms with E-state index in [-0.39, 0.29) is 65.4 Å². The molecule has 2 radical (unpaired) electrons. The van der Waals surface area contributed by atoms with Crippen molar-refractivity contribution in [3.63, 3.8) is 0 Å². The van der Waals surface area contributed by atoms with Gasteiger partial charge in [-0.3, -0.25) is 0 Å². The monoisotopic (exact) mass is 286 g/mol. The van der Waals surface area contributed by atoms with Gasteiger partial charge in [0.25, 0.3) is 0 Å². The van der Waals surface area contributed by atoms with Crippen LogP contribution in [0.5, 0.6) is 0 Å². The molecular formula is C5H6N3Y2-. The van der Waals surface area contributed by atoms with Gasteiger partial charge < -0.3 is 15.0 Å². The second-order valence-corrected chi connectivity index (χ2v) is 1.53. The average molecular weight is 286 g/mol. The van der Waals surface area contributed by atoms with Crippen molar-refractivity contribution in [3.05, 3.63) is 18.0 Å². The van der Waals surface area contributed by atoms with E-state index in [1.54, 1.807) is 0 Å². The third-order valence-electron chi connectivity index (χ3n) is 0.747. The van der Waals surface area contributed by atoms with E-state index in [1.165, 1.54) is 0 Å². The van der Waals surface area contributed by atoms with E-state index >= 15 is 0 Å². The normalized spacial score (nSPS) is 7.40. The molecule has 10 heavy (non-hydrogen) atoms. The molecule has 0 aromatic carbocycles. The Morgan fingerprint density at radius 1 is 1.00 bits per heavy atom. The third-order valence-corrected chi connectivity index (χ3v) is 0.747. The molecule has 5 heteroatoms. The molecule has 0 atom stereocenters. The Balaban J connectivity index is 0. The molecule has 1 heterocycles. The summed E-state index contributed by atoms with van der Waals surface area (Å²) >= 11 is 0. The molecule has 0 spiro atoms. The van der Waals surface area contributed by atoms with E-state index in [1.807, 2.05) is 13.8 Å². The van der Waals surface area contributed by atoms with Gasteiger partial charge in [-0.05, 0) is 0 Å². The Kier molecular flexibility index (Phi) is 9.51. The zero-order valence-electron chi connectivity index (χ0n) is 6.00. The van der Waals surface area contributed by atoms with Crippen LogP contribution in [-0.2, 0) is 65.4 Å². The minimum absolute atomic E-state index is 0. The van der Waals surface area contributed by atoms with Gasteiger partial charge in [0.2, 0.25) is 0 Å². The van der Waals surface area contributed by atoms with Crippen LogP contribution in [0, 0.1) is 20.2 Å². The molecule has 0 bridgehead atoms. The molecule has 0 aliphatic heterocycles. The van der Waals surface area contributed by atoms with Crippen molar-refractivity contribution in [2.75, 3.05) is 0 Å². The molecule has 48 valence electrons. The maximum absolute atomic E-state index is 3.92. The Labute approximate surface area is 111 Å². The maximum atomic E-state index is 3.92. The zero-order chi connectivity index (χ0) is 5.98. The van der Waals surface area contributed by atoms with Crippen molar-refractivity contribution in [2.45, 2.75) is 13.8 Å². The predicted molar refractivity (Wildman–Crippen MR) is 28.1 cm³/mol. The zero-order valence-corrected chi connectivity index (χ0v) is 11.7. The van der Waals surface area contributed by atoms with Gasteiger partial charge in [-0.2, -0.15) is 0 Å². The number of hydrogen-bond donors (Lipinski definition) is 0. The Morgan fingerprint density at radius 2 is 1.40 bits per heavy atom. The number of nitrogens with zero attached hydrogens (tertiary/aromatic N) is 3. The second-order valence-electron chi connectivity index (χ2n) is 1.53. The summed E-state index contributed by atoms with van der Waals surface area (Å²) in [5, 5.41) is 0. The van der Waals surface area contributed by atoms with Crippen molar-refractivity contribution >= 4 is 0 Å². The minimum atomic E-state index is 0. The van der Waals surface area contributed by atoms with Crippen LogP contribution < -0.4 is 0 Å². The summed E-state index contributed by atoms with van der Waals surface area (Å²) in [4.78, 5) is 11.3.